The molecule has 1 saturated heterocycles. The number of hydrogen-bond donors (Lipinski definition) is 0. The van der Waals surface area contributed by atoms with E-state index in [4.69, 9.17) is 4.74 Å². The number of aromatic nitrogens is 2. The molecule has 27 heavy (non-hydrogen) atoms. The van der Waals surface area contributed by atoms with Crippen molar-refractivity contribution in [2.75, 3.05) is 19.6 Å². The highest BCUT2D eigenvalue weighted by atomic mass is 16.5. The standard InChI is InChI=1S/C19H18N4O4/c24-16(12-23-17(25)14-4-1-2-5-15(14)18(23)26)22-10-6-13(7-11-22)27-19-20-8-3-9-21-19/h1-5,8-9,13H,6-7,10-12H2. The largest absolute Gasteiger partial charge is 0.460 e. The van der Waals surface area contributed by atoms with Crippen molar-refractivity contribution in [2.24, 2.45) is 0 Å². The first-order chi connectivity index (χ1) is 13.1. The number of fused-ring (bicyclic) bond motifs is 1. The molecular formula is C19H18N4O4. The van der Waals surface area contributed by atoms with Crippen LogP contribution in [0.5, 0.6) is 6.01 Å². The zero-order chi connectivity index (χ0) is 18.8. The number of hydrogen-bond acceptors (Lipinski definition) is 6. The van der Waals surface area contributed by atoms with Crippen molar-refractivity contribution < 1.29 is 19.1 Å². The summed E-state index contributed by atoms with van der Waals surface area (Å²) < 4.78 is 5.71. The second kappa shape index (κ2) is 7.14. The van der Waals surface area contributed by atoms with Crippen LogP contribution in [0.3, 0.4) is 0 Å². The Morgan fingerprint density at radius 1 is 1.00 bits per heavy atom. The molecule has 1 fully saturated rings. The molecule has 3 heterocycles. The molecule has 0 spiro atoms. The van der Waals surface area contributed by atoms with E-state index in [9.17, 15) is 14.4 Å². The van der Waals surface area contributed by atoms with Gasteiger partial charge < -0.3 is 9.64 Å². The van der Waals surface area contributed by atoms with Gasteiger partial charge in [-0.3, -0.25) is 19.3 Å². The Bertz CT molecular complexity index is 843. The van der Waals surface area contributed by atoms with Crippen molar-refractivity contribution in [3.63, 3.8) is 0 Å². The summed E-state index contributed by atoms with van der Waals surface area (Å²) in [6, 6.07) is 8.66. The molecule has 4 rings (SSSR count). The quantitative estimate of drug-likeness (QED) is 0.754. The molecule has 0 N–H and O–H groups in total. The lowest BCUT2D eigenvalue weighted by molar-refractivity contribution is -0.133. The first kappa shape index (κ1) is 17.1. The molecule has 2 aliphatic rings. The maximum atomic E-state index is 12.6. The third kappa shape index (κ3) is 3.38. The Labute approximate surface area is 155 Å². The van der Waals surface area contributed by atoms with Crippen LogP contribution in [0.25, 0.3) is 0 Å². The molecule has 8 heteroatoms. The monoisotopic (exact) mass is 366 g/mol. The minimum Gasteiger partial charge on any atom is -0.460 e. The first-order valence-electron chi connectivity index (χ1n) is 8.80. The Morgan fingerprint density at radius 2 is 1.59 bits per heavy atom. The Kier molecular flexibility index (Phi) is 4.53. The average molecular weight is 366 g/mol. The number of piperidine rings is 1. The highest BCUT2D eigenvalue weighted by Crippen LogP contribution is 2.23. The zero-order valence-corrected chi connectivity index (χ0v) is 14.6. The number of amides is 3. The summed E-state index contributed by atoms with van der Waals surface area (Å²) in [5.74, 6) is -1.06. The Hall–Kier alpha value is -3.29. The van der Waals surface area contributed by atoms with E-state index in [2.05, 4.69) is 9.97 Å². The van der Waals surface area contributed by atoms with Gasteiger partial charge >= 0.3 is 6.01 Å². The van der Waals surface area contributed by atoms with Crippen LogP contribution in [0, 0.1) is 0 Å². The van der Waals surface area contributed by atoms with Crippen molar-refractivity contribution in [2.45, 2.75) is 18.9 Å². The molecule has 1 aromatic carbocycles. The van der Waals surface area contributed by atoms with E-state index in [0.717, 1.165) is 4.90 Å². The van der Waals surface area contributed by atoms with Crippen LogP contribution in [0.1, 0.15) is 33.6 Å². The highest BCUT2D eigenvalue weighted by molar-refractivity contribution is 6.22. The van der Waals surface area contributed by atoms with Gasteiger partial charge in [0.05, 0.1) is 11.1 Å². The molecule has 2 aliphatic heterocycles. The van der Waals surface area contributed by atoms with E-state index in [0.29, 0.717) is 43.1 Å². The van der Waals surface area contributed by atoms with Gasteiger partial charge in [-0.2, -0.15) is 0 Å². The van der Waals surface area contributed by atoms with Gasteiger partial charge in [0.2, 0.25) is 5.91 Å². The van der Waals surface area contributed by atoms with Gasteiger partial charge in [0.25, 0.3) is 11.8 Å². The number of rotatable bonds is 4. The third-order valence-corrected chi connectivity index (χ3v) is 4.78. The lowest BCUT2D eigenvalue weighted by Crippen LogP contribution is -2.47. The molecule has 0 radical (unpaired) electrons. The summed E-state index contributed by atoms with van der Waals surface area (Å²) in [5.41, 5.74) is 0.704. The lowest BCUT2D eigenvalue weighted by atomic mass is 10.1. The summed E-state index contributed by atoms with van der Waals surface area (Å²) in [5, 5.41) is 0. The van der Waals surface area contributed by atoms with Crippen LogP contribution in [0.15, 0.2) is 42.7 Å². The van der Waals surface area contributed by atoms with E-state index >= 15 is 0 Å². The van der Waals surface area contributed by atoms with Gasteiger partial charge in [-0.15, -0.1) is 0 Å². The van der Waals surface area contributed by atoms with Crippen molar-refractivity contribution >= 4 is 17.7 Å². The Morgan fingerprint density at radius 3 is 2.19 bits per heavy atom. The van der Waals surface area contributed by atoms with E-state index in [1.807, 2.05) is 0 Å². The van der Waals surface area contributed by atoms with Gasteiger partial charge in [-0.25, -0.2) is 9.97 Å². The fraction of sp³-hybridized carbons (Fsp3) is 0.316. The van der Waals surface area contributed by atoms with E-state index in [1.165, 1.54) is 0 Å². The molecule has 0 saturated carbocycles. The van der Waals surface area contributed by atoms with Crippen molar-refractivity contribution in [3.8, 4) is 6.01 Å². The molecular weight excluding hydrogens is 348 g/mol. The van der Waals surface area contributed by atoms with Crippen molar-refractivity contribution in [3.05, 3.63) is 53.9 Å². The molecule has 2 aromatic rings. The molecule has 0 aliphatic carbocycles. The minimum atomic E-state index is -0.414. The normalized spacial score (nSPS) is 17.2. The molecule has 3 amide bonds. The predicted molar refractivity (Wildman–Crippen MR) is 94.1 cm³/mol. The van der Waals surface area contributed by atoms with E-state index in [-0.39, 0.29) is 18.6 Å². The van der Waals surface area contributed by atoms with Gasteiger partial charge in [0.15, 0.2) is 0 Å². The van der Waals surface area contributed by atoms with Gasteiger partial charge in [-0.1, -0.05) is 12.1 Å². The van der Waals surface area contributed by atoms with Crippen molar-refractivity contribution in [1.82, 2.24) is 19.8 Å². The topological polar surface area (TPSA) is 92.7 Å². The van der Waals surface area contributed by atoms with Crippen LogP contribution in [0.2, 0.25) is 0 Å². The summed E-state index contributed by atoms with van der Waals surface area (Å²) in [6.07, 6.45) is 4.46. The fourth-order valence-corrected chi connectivity index (χ4v) is 3.34. The number of ether oxygens (including phenoxy) is 1. The molecule has 0 bridgehead atoms. The third-order valence-electron chi connectivity index (χ3n) is 4.78. The Balaban J connectivity index is 1.33. The summed E-state index contributed by atoms with van der Waals surface area (Å²) >= 11 is 0. The number of likely N-dealkylation sites (tertiary alicyclic amines) is 1. The SMILES string of the molecule is O=C(CN1C(=O)c2ccccc2C1=O)N1CCC(Oc2ncccn2)CC1. The van der Waals surface area contributed by atoms with Crippen LogP contribution in [-0.2, 0) is 4.79 Å². The van der Waals surface area contributed by atoms with Gasteiger partial charge in [0.1, 0.15) is 12.6 Å². The molecule has 0 atom stereocenters. The van der Waals surface area contributed by atoms with E-state index in [1.54, 1.807) is 47.6 Å². The summed E-state index contributed by atoms with van der Waals surface area (Å²) in [7, 11) is 0. The number of carbonyl (C=O) groups excluding carboxylic acids is 3. The predicted octanol–water partition coefficient (Wildman–Crippen LogP) is 1.14. The number of imide groups is 1. The van der Waals surface area contributed by atoms with Crippen LogP contribution >= 0.6 is 0 Å². The zero-order valence-electron chi connectivity index (χ0n) is 14.6. The second-order valence-corrected chi connectivity index (χ2v) is 6.47. The molecule has 1 aromatic heterocycles. The van der Waals surface area contributed by atoms with Crippen LogP contribution < -0.4 is 4.74 Å². The van der Waals surface area contributed by atoms with Gasteiger partial charge in [-0.05, 0) is 18.2 Å². The smallest absolute Gasteiger partial charge is 0.316 e. The summed E-state index contributed by atoms with van der Waals surface area (Å²) in [6.45, 7) is 0.763. The minimum absolute atomic E-state index is 0.0595. The molecule has 138 valence electrons. The lowest BCUT2D eigenvalue weighted by Gasteiger charge is -2.32. The second-order valence-electron chi connectivity index (χ2n) is 6.47. The number of nitrogens with zero attached hydrogens (tertiary/aromatic N) is 4. The van der Waals surface area contributed by atoms with Crippen LogP contribution in [-0.4, -0.2) is 63.2 Å². The molecule has 0 unspecified atom stereocenters. The van der Waals surface area contributed by atoms with Gasteiger partial charge in [0, 0.05) is 38.3 Å². The number of benzene rings is 1. The maximum absolute atomic E-state index is 12.6. The maximum Gasteiger partial charge on any atom is 0.316 e. The first-order valence-corrected chi connectivity index (χ1v) is 8.80. The fourth-order valence-electron chi connectivity index (χ4n) is 3.34. The average Bonchev–Trinajstić information content (AvgIpc) is 2.94. The van der Waals surface area contributed by atoms with Crippen LogP contribution in [0.4, 0.5) is 0 Å². The number of carbonyl (C=O) groups is 3. The molecule has 8 nitrogen and oxygen atoms in total. The van der Waals surface area contributed by atoms with E-state index < -0.39 is 11.8 Å². The van der Waals surface area contributed by atoms with Crippen molar-refractivity contribution in [1.29, 1.82) is 0 Å². The highest BCUT2D eigenvalue weighted by Gasteiger charge is 2.37. The summed E-state index contributed by atoms with van der Waals surface area (Å²) in [4.78, 5) is 48.1.